The Morgan fingerprint density at radius 3 is 2.79 bits per heavy atom. The predicted octanol–water partition coefficient (Wildman–Crippen LogP) is 3.20. The van der Waals surface area contributed by atoms with Gasteiger partial charge in [0.2, 0.25) is 0 Å². The first-order valence-corrected chi connectivity index (χ1v) is 7.31. The molecule has 19 heavy (non-hydrogen) atoms. The van der Waals surface area contributed by atoms with Crippen molar-refractivity contribution < 1.29 is 9.47 Å². The first kappa shape index (κ1) is 14.2. The molecule has 1 aliphatic carbocycles. The maximum atomic E-state index is 5.69. The van der Waals surface area contributed by atoms with E-state index >= 15 is 0 Å². The van der Waals surface area contributed by atoms with Crippen LogP contribution in [0.25, 0.3) is 0 Å². The number of hydrogen-bond acceptors (Lipinski definition) is 3. The fourth-order valence-electron chi connectivity index (χ4n) is 2.46. The molecule has 3 nitrogen and oxygen atoms in total. The third-order valence-corrected chi connectivity index (χ3v) is 3.66. The van der Waals surface area contributed by atoms with Gasteiger partial charge in [-0.05, 0) is 55.5 Å². The molecule has 3 heteroatoms. The zero-order valence-corrected chi connectivity index (χ0v) is 12.2. The summed E-state index contributed by atoms with van der Waals surface area (Å²) in [6.07, 6.45) is 2.30. The lowest BCUT2D eigenvalue weighted by Crippen LogP contribution is -2.16. The topological polar surface area (TPSA) is 30.5 Å². The fourth-order valence-corrected chi connectivity index (χ4v) is 2.46. The summed E-state index contributed by atoms with van der Waals surface area (Å²) in [5.74, 6) is 3.19. The number of ether oxygens (including phenoxy) is 2. The lowest BCUT2D eigenvalue weighted by atomic mass is 10.1. The van der Waals surface area contributed by atoms with E-state index in [1.165, 1.54) is 12.0 Å². The summed E-state index contributed by atoms with van der Waals surface area (Å²) in [7, 11) is 1.71. The lowest BCUT2D eigenvalue weighted by molar-refractivity contribution is 0.294. The van der Waals surface area contributed by atoms with E-state index in [0.29, 0.717) is 5.92 Å². The maximum Gasteiger partial charge on any atom is 0.161 e. The molecule has 1 aromatic rings. The van der Waals surface area contributed by atoms with Crippen molar-refractivity contribution in [1.82, 2.24) is 5.32 Å². The highest BCUT2D eigenvalue weighted by Gasteiger charge is 2.37. The van der Waals surface area contributed by atoms with Crippen molar-refractivity contribution in [1.29, 1.82) is 0 Å². The molecule has 106 valence electrons. The molecule has 0 bridgehead atoms. The molecule has 1 saturated carbocycles. The summed E-state index contributed by atoms with van der Waals surface area (Å²) in [5, 5.41) is 3.42. The number of methoxy groups -OCH3 is 1. The molecule has 1 aliphatic rings. The minimum Gasteiger partial charge on any atom is -0.493 e. The van der Waals surface area contributed by atoms with E-state index in [1.54, 1.807) is 7.11 Å². The van der Waals surface area contributed by atoms with E-state index in [9.17, 15) is 0 Å². The van der Waals surface area contributed by atoms with Crippen LogP contribution in [-0.4, -0.2) is 26.8 Å². The van der Waals surface area contributed by atoms with Gasteiger partial charge in [-0.3, -0.25) is 0 Å². The number of benzene rings is 1. The van der Waals surface area contributed by atoms with Crippen LogP contribution in [0.1, 0.15) is 38.2 Å². The van der Waals surface area contributed by atoms with E-state index in [4.69, 9.17) is 9.47 Å². The van der Waals surface area contributed by atoms with Crippen molar-refractivity contribution in [3.63, 3.8) is 0 Å². The molecule has 0 amide bonds. The van der Waals surface area contributed by atoms with Gasteiger partial charge in [0.05, 0.1) is 13.7 Å². The minimum atomic E-state index is 0.688. The van der Waals surface area contributed by atoms with Crippen LogP contribution in [0, 0.1) is 5.92 Å². The Hall–Kier alpha value is -1.22. The molecule has 0 heterocycles. The van der Waals surface area contributed by atoms with Gasteiger partial charge >= 0.3 is 0 Å². The Morgan fingerprint density at radius 1 is 1.26 bits per heavy atom. The number of rotatable bonds is 8. The van der Waals surface area contributed by atoms with Gasteiger partial charge in [0, 0.05) is 0 Å². The lowest BCUT2D eigenvalue weighted by Gasteiger charge is -2.11. The number of nitrogens with one attached hydrogen (secondary N) is 1. The van der Waals surface area contributed by atoms with E-state index in [-0.39, 0.29) is 0 Å². The van der Waals surface area contributed by atoms with Crippen molar-refractivity contribution in [2.45, 2.75) is 32.6 Å². The van der Waals surface area contributed by atoms with Crippen LogP contribution in [0.2, 0.25) is 0 Å². The largest absolute Gasteiger partial charge is 0.493 e. The molecule has 1 fully saturated rings. The van der Waals surface area contributed by atoms with Gasteiger partial charge in [0.15, 0.2) is 11.5 Å². The minimum absolute atomic E-state index is 0.688. The third-order valence-electron chi connectivity index (χ3n) is 3.66. The van der Waals surface area contributed by atoms with Crippen LogP contribution in [-0.2, 0) is 0 Å². The summed E-state index contributed by atoms with van der Waals surface area (Å²) in [6, 6.07) is 6.37. The summed E-state index contributed by atoms with van der Waals surface area (Å²) < 4.78 is 11.1. The van der Waals surface area contributed by atoms with Gasteiger partial charge in [-0.2, -0.15) is 0 Å². The monoisotopic (exact) mass is 263 g/mol. The second-order valence-electron chi connectivity index (χ2n) is 5.17. The third kappa shape index (κ3) is 3.63. The average Bonchev–Trinajstić information content (AvgIpc) is 3.22. The van der Waals surface area contributed by atoms with Crippen LogP contribution < -0.4 is 14.8 Å². The maximum absolute atomic E-state index is 5.69. The molecule has 1 aromatic carbocycles. The normalized spacial score (nSPS) is 21.2. The van der Waals surface area contributed by atoms with Gasteiger partial charge in [-0.15, -0.1) is 0 Å². The molecule has 2 rings (SSSR count). The van der Waals surface area contributed by atoms with Crippen LogP contribution in [0.4, 0.5) is 0 Å². The van der Waals surface area contributed by atoms with Crippen LogP contribution in [0.15, 0.2) is 18.2 Å². The van der Waals surface area contributed by atoms with E-state index in [1.807, 2.05) is 6.07 Å². The highest BCUT2D eigenvalue weighted by molar-refractivity contribution is 5.45. The molecule has 1 N–H and O–H groups in total. The first-order chi connectivity index (χ1) is 9.30. The second-order valence-corrected chi connectivity index (χ2v) is 5.17. The highest BCUT2D eigenvalue weighted by atomic mass is 16.5. The van der Waals surface area contributed by atoms with Crippen molar-refractivity contribution in [3.05, 3.63) is 23.8 Å². The average molecular weight is 263 g/mol. The standard InChI is InChI=1S/C16H25NO2/c1-4-8-19-15-7-6-12(10-16(15)18-3)14-9-13(14)11-17-5-2/h6-7,10,13-14,17H,4-5,8-9,11H2,1-3H3. The van der Waals surface area contributed by atoms with Gasteiger partial charge in [0.1, 0.15) is 0 Å². The van der Waals surface area contributed by atoms with Gasteiger partial charge < -0.3 is 14.8 Å². The molecule has 2 atom stereocenters. The quantitative estimate of drug-likeness (QED) is 0.781. The summed E-state index contributed by atoms with van der Waals surface area (Å²) >= 11 is 0. The highest BCUT2D eigenvalue weighted by Crippen LogP contribution is 2.48. The van der Waals surface area contributed by atoms with Gasteiger partial charge in [0.25, 0.3) is 0 Å². The number of hydrogen-bond donors (Lipinski definition) is 1. The van der Waals surface area contributed by atoms with Gasteiger partial charge in [-0.25, -0.2) is 0 Å². The molecule has 0 radical (unpaired) electrons. The van der Waals surface area contributed by atoms with E-state index in [2.05, 4.69) is 31.3 Å². The molecule has 0 spiro atoms. The summed E-state index contributed by atoms with van der Waals surface area (Å²) in [4.78, 5) is 0. The van der Waals surface area contributed by atoms with Crippen LogP contribution in [0.3, 0.4) is 0 Å². The molecule has 0 saturated heterocycles. The Balaban J connectivity index is 1.99. The van der Waals surface area contributed by atoms with E-state index in [0.717, 1.165) is 43.5 Å². The Kier molecular flexibility index (Phi) is 5.08. The van der Waals surface area contributed by atoms with Crippen molar-refractivity contribution in [3.8, 4) is 11.5 Å². The Morgan fingerprint density at radius 2 is 2.11 bits per heavy atom. The van der Waals surface area contributed by atoms with E-state index < -0.39 is 0 Å². The molecule has 2 unspecified atom stereocenters. The first-order valence-electron chi connectivity index (χ1n) is 7.31. The summed E-state index contributed by atoms with van der Waals surface area (Å²) in [6.45, 7) is 7.17. The zero-order chi connectivity index (χ0) is 13.7. The van der Waals surface area contributed by atoms with Crippen molar-refractivity contribution in [2.24, 2.45) is 5.92 Å². The zero-order valence-electron chi connectivity index (χ0n) is 12.2. The molecule has 0 aromatic heterocycles. The Bertz CT molecular complexity index is 406. The SMILES string of the molecule is CCCOc1ccc(C2CC2CNCC)cc1OC. The van der Waals surface area contributed by atoms with Crippen molar-refractivity contribution >= 4 is 0 Å². The fraction of sp³-hybridized carbons (Fsp3) is 0.625. The van der Waals surface area contributed by atoms with Crippen LogP contribution >= 0.6 is 0 Å². The second kappa shape index (κ2) is 6.80. The molecular weight excluding hydrogens is 238 g/mol. The molecule has 0 aliphatic heterocycles. The predicted molar refractivity (Wildman–Crippen MR) is 78.2 cm³/mol. The van der Waals surface area contributed by atoms with Crippen LogP contribution in [0.5, 0.6) is 11.5 Å². The van der Waals surface area contributed by atoms with Gasteiger partial charge in [-0.1, -0.05) is 19.9 Å². The smallest absolute Gasteiger partial charge is 0.161 e. The summed E-state index contributed by atoms with van der Waals surface area (Å²) in [5.41, 5.74) is 1.38. The van der Waals surface area contributed by atoms with Crippen molar-refractivity contribution in [2.75, 3.05) is 26.8 Å². The molecular formula is C16H25NO2. The Labute approximate surface area is 116 Å².